The number of benzene rings is 1. The molecule has 7 rings (SSSR count). The van der Waals surface area contributed by atoms with Gasteiger partial charge in [-0.3, -0.25) is 4.99 Å². The van der Waals surface area contributed by atoms with Crippen LogP contribution in [-0.4, -0.2) is 65.4 Å². The number of hydrogen-bond acceptors (Lipinski definition) is 5. The van der Waals surface area contributed by atoms with Crippen molar-refractivity contribution in [3.63, 3.8) is 0 Å². The number of likely N-dealkylation sites (N-methyl/N-ethyl adjacent to an activating group) is 1. The standard InChI is InChI=1S/C32H40N2O3/c1-6-7-19-8-9-20(16-24(19)33-3)21-10-11-26-29(21,2)13-12-22-23-17-31(23)28(36)27(35)25(34(4)5)18-30(31)14-15-32(22,26)37-30/h6-10,12,16,23,25-28,35-36H,3,11,13-15,17-18H2,1-2,4-5H3/b7-6-/t23?,25-,26?,27+,28-,29+,30+,31?,32+/m0/s1. The molecule has 2 aliphatic heterocycles. The van der Waals surface area contributed by atoms with Crippen molar-refractivity contribution in [3.05, 3.63) is 53.1 Å². The van der Waals surface area contributed by atoms with Crippen LogP contribution in [0.25, 0.3) is 11.6 Å². The van der Waals surface area contributed by atoms with Crippen molar-refractivity contribution in [2.75, 3.05) is 14.1 Å². The number of hydrogen-bond donors (Lipinski definition) is 2. The Kier molecular flexibility index (Phi) is 4.89. The zero-order valence-electron chi connectivity index (χ0n) is 22.6. The number of aliphatic hydroxyl groups excluding tert-OH is 2. The summed E-state index contributed by atoms with van der Waals surface area (Å²) in [7, 11) is 4.02. The number of rotatable bonds is 4. The summed E-state index contributed by atoms with van der Waals surface area (Å²) in [6, 6.07) is 6.51. The summed E-state index contributed by atoms with van der Waals surface area (Å²) in [4.78, 5) is 6.41. The van der Waals surface area contributed by atoms with Gasteiger partial charge < -0.3 is 19.8 Å². The Bertz CT molecular complexity index is 1280. The summed E-state index contributed by atoms with van der Waals surface area (Å²) < 4.78 is 7.45. The van der Waals surface area contributed by atoms with Crippen LogP contribution in [0.2, 0.25) is 0 Å². The molecule has 0 amide bonds. The van der Waals surface area contributed by atoms with Gasteiger partial charge in [0, 0.05) is 22.8 Å². The van der Waals surface area contributed by atoms with Gasteiger partial charge in [-0.25, -0.2) is 0 Å². The van der Waals surface area contributed by atoms with Gasteiger partial charge in [-0.05, 0) is 101 Å². The van der Waals surface area contributed by atoms with Gasteiger partial charge in [0.15, 0.2) is 0 Å². The zero-order valence-corrected chi connectivity index (χ0v) is 22.6. The molecule has 3 unspecified atom stereocenters. The van der Waals surface area contributed by atoms with Crippen molar-refractivity contribution in [2.45, 2.75) is 81.8 Å². The first kappa shape index (κ1) is 24.0. The molecule has 5 heteroatoms. The molecule has 196 valence electrons. The molecule has 5 nitrogen and oxygen atoms in total. The van der Waals surface area contributed by atoms with Crippen LogP contribution in [0.15, 0.2) is 47.0 Å². The van der Waals surface area contributed by atoms with Gasteiger partial charge in [0.05, 0.1) is 29.1 Å². The number of aliphatic imine (C=N–C) groups is 1. The molecule has 2 heterocycles. The Morgan fingerprint density at radius 3 is 2.70 bits per heavy atom. The quantitative estimate of drug-likeness (QED) is 0.443. The first-order valence-corrected chi connectivity index (χ1v) is 14.1. The van der Waals surface area contributed by atoms with E-state index in [0.29, 0.717) is 11.8 Å². The number of nitrogens with zero attached hydrogens (tertiary/aromatic N) is 2. The lowest BCUT2D eigenvalue weighted by molar-refractivity contribution is -0.248. The highest BCUT2D eigenvalue weighted by Crippen LogP contribution is 2.81. The summed E-state index contributed by atoms with van der Waals surface area (Å²) >= 11 is 0. The van der Waals surface area contributed by atoms with Crippen LogP contribution in [0, 0.1) is 22.7 Å². The van der Waals surface area contributed by atoms with E-state index in [1.165, 1.54) is 16.7 Å². The maximum atomic E-state index is 11.5. The third kappa shape index (κ3) is 2.72. The van der Waals surface area contributed by atoms with Crippen molar-refractivity contribution in [1.29, 1.82) is 0 Å². The summed E-state index contributed by atoms with van der Waals surface area (Å²) in [5, 5.41) is 22.6. The third-order valence-electron chi connectivity index (χ3n) is 11.6. The van der Waals surface area contributed by atoms with Crippen molar-refractivity contribution >= 4 is 24.1 Å². The summed E-state index contributed by atoms with van der Waals surface area (Å²) in [6.45, 7) is 8.29. The molecule has 4 aliphatic carbocycles. The first-order valence-electron chi connectivity index (χ1n) is 14.1. The van der Waals surface area contributed by atoms with Gasteiger partial charge in [0.25, 0.3) is 0 Å². The Hall–Kier alpha value is -2.05. The average molecular weight is 501 g/mol. The summed E-state index contributed by atoms with van der Waals surface area (Å²) in [5.41, 5.74) is 5.15. The predicted molar refractivity (Wildman–Crippen MR) is 148 cm³/mol. The monoisotopic (exact) mass is 500 g/mol. The molecule has 4 fully saturated rings. The number of ether oxygens (including phenoxy) is 1. The van der Waals surface area contributed by atoms with Gasteiger partial charge in [-0.1, -0.05) is 43.4 Å². The van der Waals surface area contributed by atoms with E-state index in [4.69, 9.17) is 4.74 Å². The van der Waals surface area contributed by atoms with Gasteiger partial charge in [-0.15, -0.1) is 0 Å². The van der Waals surface area contributed by atoms with Gasteiger partial charge >= 0.3 is 0 Å². The van der Waals surface area contributed by atoms with Crippen molar-refractivity contribution in [1.82, 2.24) is 4.90 Å². The van der Waals surface area contributed by atoms with Crippen LogP contribution in [0.1, 0.15) is 63.5 Å². The highest BCUT2D eigenvalue weighted by atomic mass is 16.5. The SMILES string of the molecule is C=Nc1cc(C2=CCC3[C@]2(C)CC=C2C4CC45[C@@H](O)[C@H](O)[C@@H](N(C)C)C[C@]54CC[C@@]23O4)ccc1/C=C\C. The Labute approximate surface area is 220 Å². The molecule has 2 saturated carbocycles. The molecule has 3 spiro atoms. The summed E-state index contributed by atoms with van der Waals surface area (Å²) in [6.07, 6.45) is 13.3. The maximum absolute atomic E-state index is 11.5. The van der Waals surface area contributed by atoms with Crippen molar-refractivity contribution < 1.29 is 14.9 Å². The van der Waals surface area contributed by atoms with Crippen LogP contribution in [0.3, 0.4) is 0 Å². The minimum absolute atomic E-state index is 0.0157. The van der Waals surface area contributed by atoms with Crippen LogP contribution >= 0.6 is 0 Å². The number of fused-ring (bicyclic) bond motifs is 2. The summed E-state index contributed by atoms with van der Waals surface area (Å²) in [5.74, 6) is 0.715. The fourth-order valence-corrected chi connectivity index (χ4v) is 9.80. The van der Waals surface area contributed by atoms with Crippen LogP contribution < -0.4 is 0 Å². The average Bonchev–Trinajstić information content (AvgIpc) is 3.41. The second kappa shape index (κ2) is 7.53. The molecular weight excluding hydrogens is 460 g/mol. The normalized spacial score (nSPS) is 47.2. The molecule has 0 aromatic heterocycles. The fraction of sp³-hybridized carbons (Fsp3) is 0.594. The fourth-order valence-electron chi connectivity index (χ4n) is 9.80. The highest BCUT2D eigenvalue weighted by Gasteiger charge is 2.84. The molecule has 37 heavy (non-hydrogen) atoms. The van der Waals surface area contributed by atoms with E-state index in [-0.39, 0.29) is 28.1 Å². The molecule has 9 atom stereocenters. The maximum Gasteiger partial charge on any atom is 0.0961 e. The van der Waals surface area contributed by atoms with Crippen LogP contribution in [-0.2, 0) is 4.74 Å². The lowest BCUT2D eigenvalue weighted by Gasteiger charge is -2.59. The second-order valence-electron chi connectivity index (χ2n) is 13.1. The molecule has 2 bridgehead atoms. The topological polar surface area (TPSA) is 65.3 Å². The van der Waals surface area contributed by atoms with Crippen LogP contribution in [0.4, 0.5) is 5.69 Å². The van der Waals surface area contributed by atoms with Crippen molar-refractivity contribution in [2.24, 2.45) is 27.7 Å². The van der Waals surface area contributed by atoms with Gasteiger partial charge in [-0.2, -0.15) is 0 Å². The molecule has 2 N–H and O–H groups in total. The number of aliphatic hydroxyl groups is 2. The molecule has 6 aliphatic rings. The highest BCUT2D eigenvalue weighted by molar-refractivity contribution is 5.79. The van der Waals surface area contributed by atoms with Crippen LogP contribution in [0.5, 0.6) is 0 Å². The first-order chi connectivity index (χ1) is 17.7. The lowest BCUT2D eigenvalue weighted by Crippen LogP contribution is -2.67. The Balaban J connectivity index is 1.28. The van der Waals surface area contributed by atoms with Gasteiger partial charge in [0.2, 0.25) is 0 Å². The zero-order chi connectivity index (χ0) is 26.0. The molecule has 1 aromatic carbocycles. The van der Waals surface area contributed by atoms with Gasteiger partial charge in [0.1, 0.15) is 0 Å². The molecule has 2 saturated heterocycles. The molecule has 1 aromatic rings. The Morgan fingerprint density at radius 2 is 1.97 bits per heavy atom. The lowest BCUT2D eigenvalue weighted by atomic mass is 9.57. The van der Waals surface area contributed by atoms with Crippen molar-refractivity contribution in [3.8, 4) is 0 Å². The minimum Gasteiger partial charge on any atom is -0.390 e. The van der Waals surface area contributed by atoms with E-state index in [1.54, 1.807) is 0 Å². The molecular formula is C32H40N2O3. The third-order valence-corrected chi connectivity index (χ3v) is 11.6. The van der Waals surface area contributed by atoms with E-state index in [0.717, 1.165) is 49.8 Å². The van der Waals surface area contributed by atoms with E-state index >= 15 is 0 Å². The predicted octanol–water partition coefficient (Wildman–Crippen LogP) is 5.16. The Morgan fingerprint density at radius 1 is 1.16 bits per heavy atom. The minimum atomic E-state index is -0.735. The smallest absolute Gasteiger partial charge is 0.0961 e. The molecule has 0 radical (unpaired) electrons. The number of allylic oxidation sites excluding steroid dienone is 4. The van der Waals surface area contributed by atoms with E-state index in [2.05, 4.69) is 60.0 Å². The van der Waals surface area contributed by atoms with E-state index in [9.17, 15) is 10.2 Å². The van der Waals surface area contributed by atoms with E-state index in [1.807, 2.05) is 27.1 Å². The van der Waals surface area contributed by atoms with E-state index < -0.39 is 12.2 Å². The largest absolute Gasteiger partial charge is 0.390 e. The second-order valence-corrected chi connectivity index (χ2v) is 13.1.